The molecule has 0 bridgehead atoms. The Morgan fingerprint density at radius 3 is 2.42 bits per heavy atom. The van der Waals surface area contributed by atoms with Crippen molar-refractivity contribution in [2.45, 2.75) is 70.3 Å². The Bertz CT molecular complexity index is 386. The standard InChI is InChI=1S/C20H37N3O/c1-22-12-9-17(10-13-22)14-20(24)21-19-8-5-11-23(16-19)15-18-6-3-2-4-7-18/h17-19H,2-16H2,1H3,(H,21,24)/t19-/m1/s1. The molecule has 0 radical (unpaired) electrons. The molecular weight excluding hydrogens is 298 g/mol. The highest BCUT2D eigenvalue weighted by Crippen LogP contribution is 2.25. The lowest BCUT2D eigenvalue weighted by Crippen LogP contribution is -2.49. The molecule has 2 aliphatic heterocycles. The number of piperidine rings is 2. The Kier molecular flexibility index (Phi) is 6.96. The van der Waals surface area contributed by atoms with Crippen molar-refractivity contribution in [2.75, 3.05) is 39.8 Å². The van der Waals surface area contributed by atoms with Gasteiger partial charge in [0.15, 0.2) is 0 Å². The molecule has 2 saturated heterocycles. The molecule has 0 spiro atoms. The Morgan fingerprint density at radius 1 is 0.917 bits per heavy atom. The zero-order valence-electron chi connectivity index (χ0n) is 15.6. The van der Waals surface area contributed by atoms with E-state index >= 15 is 0 Å². The molecule has 3 rings (SSSR count). The molecule has 3 fully saturated rings. The van der Waals surface area contributed by atoms with Crippen molar-refractivity contribution in [3.8, 4) is 0 Å². The molecule has 0 aromatic carbocycles. The Labute approximate surface area is 148 Å². The van der Waals surface area contributed by atoms with Gasteiger partial charge in [-0.2, -0.15) is 0 Å². The highest BCUT2D eigenvalue weighted by molar-refractivity contribution is 5.76. The molecule has 3 aliphatic rings. The van der Waals surface area contributed by atoms with E-state index in [0.717, 1.165) is 32.0 Å². The topological polar surface area (TPSA) is 35.6 Å². The Hall–Kier alpha value is -0.610. The van der Waals surface area contributed by atoms with E-state index in [9.17, 15) is 4.79 Å². The van der Waals surface area contributed by atoms with Crippen LogP contribution in [0.25, 0.3) is 0 Å². The zero-order chi connectivity index (χ0) is 16.8. The van der Waals surface area contributed by atoms with E-state index in [2.05, 4.69) is 22.2 Å². The molecule has 1 atom stereocenters. The second-order valence-corrected chi connectivity index (χ2v) is 8.62. The predicted octanol–water partition coefficient (Wildman–Crippen LogP) is 2.88. The van der Waals surface area contributed by atoms with Gasteiger partial charge < -0.3 is 15.1 Å². The number of rotatable bonds is 5. The highest BCUT2D eigenvalue weighted by atomic mass is 16.1. The van der Waals surface area contributed by atoms with Gasteiger partial charge in [-0.25, -0.2) is 0 Å². The number of hydrogen-bond acceptors (Lipinski definition) is 3. The summed E-state index contributed by atoms with van der Waals surface area (Å²) in [7, 11) is 2.18. The van der Waals surface area contributed by atoms with Crippen LogP contribution in [0.4, 0.5) is 0 Å². The minimum absolute atomic E-state index is 0.300. The van der Waals surface area contributed by atoms with Crippen molar-refractivity contribution in [3.05, 3.63) is 0 Å². The zero-order valence-corrected chi connectivity index (χ0v) is 15.6. The fraction of sp³-hybridized carbons (Fsp3) is 0.950. The van der Waals surface area contributed by atoms with Gasteiger partial charge in [0.2, 0.25) is 5.91 Å². The minimum Gasteiger partial charge on any atom is -0.352 e. The van der Waals surface area contributed by atoms with Crippen LogP contribution in [-0.2, 0) is 4.79 Å². The van der Waals surface area contributed by atoms with Crippen LogP contribution in [-0.4, -0.2) is 61.5 Å². The van der Waals surface area contributed by atoms with E-state index in [1.54, 1.807) is 0 Å². The van der Waals surface area contributed by atoms with E-state index in [1.807, 2.05) is 0 Å². The summed E-state index contributed by atoms with van der Waals surface area (Å²) in [5, 5.41) is 3.35. The molecule has 4 heteroatoms. The van der Waals surface area contributed by atoms with Gasteiger partial charge in [0.25, 0.3) is 0 Å². The Morgan fingerprint density at radius 2 is 1.67 bits per heavy atom. The largest absolute Gasteiger partial charge is 0.352 e. The highest BCUT2D eigenvalue weighted by Gasteiger charge is 2.26. The summed E-state index contributed by atoms with van der Waals surface area (Å²) in [5.74, 6) is 1.81. The number of carbonyl (C=O) groups is 1. The summed E-state index contributed by atoms with van der Waals surface area (Å²) in [6, 6.07) is 0.390. The van der Waals surface area contributed by atoms with Crippen LogP contribution in [0.1, 0.15) is 64.2 Å². The summed E-state index contributed by atoms with van der Waals surface area (Å²) in [5.41, 5.74) is 0. The van der Waals surface area contributed by atoms with Gasteiger partial charge in [0.1, 0.15) is 0 Å². The van der Waals surface area contributed by atoms with Crippen molar-refractivity contribution in [1.29, 1.82) is 0 Å². The van der Waals surface area contributed by atoms with Crippen LogP contribution in [0.15, 0.2) is 0 Å². The molecule has 2 heterocycles. The summed E-state index contributed by atoms with van der Waals surface area (Å²) in [4.78, 5) is 17.4. The van der Waals surface area contributed by atoms with Crippen molar-refractivity contribution in [2.24, 2.45) is 11.8 Å². The van der Waals surface area contributed by atoms with E-state index < -0.39 is 0 Å². The van der Waals surface area contributed by atoms with Crippen molar-refractivity contribution in [1.82, 2.24) is 15.1 Å². The van der Waals surface area contributed by atoms with Gasteiger partial charge in [-0.1, -0.05) is 19.3 Å². The molecule has 1 N–H and O–H groups in total. The Balaban J connectivity index is 1.37. The summed E-state index contributed by atoms with van der Waals surface area (Å²) in [6.07, 6.45) is 12.6. The third-order valence-electron chi connectivity index (χ3n) is 6.42. The lowest BCUT2D eigenvalue weighted by Gasteiger charge is -2.36. The summed E-state index contributed by atoms with van der Waals surface area (Å²) >= 11 is 0. The van der Waals surface area contributed by atoms with Gasteiger partial charge in [-0.05, 0) is 77.0 Å². The molecule has 1 amide bonds. The van der Waals surface area contributed by atoms with Gasteiger partial charge in [0, 0.05) is 25.6 Å². The van der Waals surface area contributed by atoms with Crippen molar-refractivity contribution < 1.29 is 4.79 Å². The molecule has 1 saturated carbocycles. The fourth-order valence-electron chi connectivity index (χ4n) is 4.89. The molecular formula is C20H37N3O. The fourth-order valence-corrected chi connectivity index (χ4v) is 4.89. The van der Waals surface area contributed by atoms with Gasteiger partial charge in [-0.15, -0.1) is 0 Å². The number of carbonyl (C=O) groups excluding carboxylic acids is 1. The third kappa shape index (κ3) is 5.73. The number of amides is 1. The first-order valence-corrected chi connectivity index (χ1v) is 10.4. The molecule has 0 unspecified atom stereocenters. The number of nitrogens with zero attached hydrogens (tertiary/aromatic N) is 2. The van der Waals surface area contributed by atoms with Crippen LogP contribution in [0.3, 0.4) is 0 Å². The summed E-state index contributed by atoms with van der Waals surface area (Å²) in [6.45, 7) is 5.88. The van der Waals surface area contributed by atoms with Gasteiger partial charge in [0.05, 0.1) is 0 Å². The number of likely N-dealkylation sites (tertiary alicyclic amines) is 2. The van der Waals surface area contributed by atoms with Gasteiger partial charge >= 0.3 is 0 Å². The first-order chi connectivity index (χ1) is 11.7. The first-order valence-electron chi connectivity index (χ1n) is 10.4. The molecule has 24 heavy (non-hydrogen) atoms. The molecule has 0 aromatic heterocycles. The second kappa shape index (κ2) is 9.19. The van der Waals surface area contributed by atoms with Crippen molar-refractivity contribution >= 4 is 5.91 Å². The second-order valence-electron chi connectivity index (χ2n) is 8.62. The summed E-state index contributed by atoms with van der Waals surface area (Å²) < 4.78 is 0. The predicted molar refractivity (Wildman–Crippen MR) is 99.0 cm³/mol. The average molecular weight is 336 g/mol. The average Bonchev–Trinajstić information content (AvgIpc) is 2.58. The number of hydrogen-bond donors (Lipinski definition) is 1. The van der Waals surface area contributed by atoms with E-state index in [4.69, 9.17) is 0 Å². The van der Waals surface area contributed by atoms with Crippen LogP contribution in [0, 0.1) is 11.8 Å². The monoisotopic (exact) mass is 335 g/mol. The molecule has 4 nitrogen and oxygen atoms in total. The van der Waals surface area contributed by atoms with Crippen LogP contribution in [0.5, 0.6) is 0 Å². The van der Waals surface area contributed by atoms with Crippen molar-refractivity contribution in [3.63, 3.8) is 0 Å². The first kappa shape index (κ1) is 18.2. The SMILES string of the molecule is CN1CCC(CC(=O)N[C@@H]2CCCN(CC3CCCCC3)C2)CC1. The molecule has 1 aliphatic carbocycles. The number of nitrogens with one attached hydrogen (secondary N) is 1. The van der Waals surface area contributed by atoms with E-state index in [0.29, 0.717) is 17.9 Å². The van der Waals surface area contributed by atoms with Gasteiger partial charge in [-0.3, -0.25) is 4.79 Å². The quantitative estimate of drug-likeness (QED) is 0.839. The maximum absolute atomic E-state index is 12.4. The minimum atomic E-state index is 0.300. The smallest absolute Gasteiger partial charge is 0.220 e. The third-order valence-corrected chi connectivity index (χ3v) is 6.42. The van der Waals surface area contributed by atoms with E-state index in [-0.39, 0.29) is 0 Å². The maximum atomic E-state index is 12.4. The normalized spacial score (nSPS) is 28.8. The maximum Gasteiger partial charge on any atom is 0.220 e. The van der Waals surface area contributed by atoms with E-state index in [1.165, 1.54) is 70.9 Å². The van der Waals surface area contributed by atoms with Crippen LogP contribution >= 0.6 is 0 Å². The van der Waals surface area contributed by atoms with Crippen LogP contribution < -0.4 is 5.32 Å². The lowest BCUT2D eigenvalue weighted by atomic mass is 9.88. The molecule has 138 valence electrons. The molecule has 0 aromatic rings. The van der Waals surface area contributed by atoms with Crippen LogP contribution in [0.2, 0.25) is 0 Å². The lowest BCUT2D eigenvalue weighted by molar-refractivity contribution is -0.123.